The molecule has 1 amide bonds. The summed E-state index contributed by atoms with van der Waals surface area (Å²) in [5.74, 6) is 0.600. The first-order chi connectivity index (χ1) is 12.3. The van der Waals surface area contributed by atoms with Crippen LogP contribution in [0.3, 0.4) is 0 Å². The topological polar surface area (TPSA) is 46.1 Å². The van der Waals surface area contributed by atoms with Crippen LogP contribution in [-0.4, -0.2) is 33.9 Å². The maximum absolute atomic E-state index is 12.7. The summed E-state index contributed by atoms with van der Waals surface area (Å²) in [4.78, 5) is 23.2. The SMILES string of the molecule is CCN(CCc1ccccc1)C(=O)c1cnc(-c2ccccc2)nc1. The molecule has 0 bridgehead atoms. The first-order valence-electron chi connectivity index (χ1n) is 8.48. The van der Waals surface area contributed by atoms with Gasteiger partial charge in [-0.15, -0.1) is 0 Å². The Labute approximate surface area is 148 Å². The number of nitrogens with zero attached hydrogens (tertiary/aromatic N) is 3. The van der Waals surface area contributed by atoms with E-state index in [-0.39, 0.29) is 5.91 Å². The van der Waals surface area contributed by atoms with Crippen LogP contribution in [0, 0.1) is 0 Å². The number of hydrogen-bond acceptors (Lipinski definition) is 3. The van der Waals surface area contributed by atoms with Gasteiger partial charge in [-0.2, -0.15) is 0 Å². The van der Waals surface area contributed by atoms with Crippen LogP contribution in [0.2, 0.25) is 0 Å². The lowest BCUT2D eigenvalue weighted by molar-refractivity contribution is 0.0765. The minimum Gasteiger partial charge on any atom is -0.338 e. The number of carbonyl (C=O) groups is 1. The maximum atomic E-state index is 12.7. The molecule has 0 aliphatic heterocycles. The quantitative estimate of drug-likeness (QED) is 0.689. The monoisotopic (exact) mass is 331 g/mol. The Morgan fingerprint density at radius 3 is 2.12 bits per heavy atom. The van der Waals surface area contributed by atoms with E-state index in [9.17, 15) is 4.79 Å². The van der Waals surface area contributed by atoms with Gasteiger partial charge in [-0.05, 0) is 18.9 Å². The summed E-state index contributed by atoms with van der Waals surface area (Å²) < 4.78 is 0. The zero-order valence-electron chi connectivity index (χ0n) is 14.3. The van der Waals surface area contributed by atoms with Crippen molar-refractivity contribution in [2.45, 2.75) is 13.3 Å². The van der Waals surface area contributed by atoms with Gasteiger partial charge in [-0.25, -0.2) is 9.97 Å². The van der Waals surface area contributed by atoms with E-state index in [2.05, 4.69) is 22.1 Å². The number of hydrogen-bond donors (Lipinski definition) is 0. The molecule has 1 heterocycles. The van der Waals surface area contributed by atoms with E-state index in [1.165, 1.54) is 5.56 Å². The highest BCUT2D eigenvalue weighted by atomic mass is 16.2. The molecular formula is C21H21N3O. The summed E-state index contributed by atoms with van der Waals surface area (Å²) in [7, 11) is 0. The lowest BCUT2D eigenvalue weighted by atomic mass is 10.1. The standard InChI is InChI=1S/C21H21N3O/c1-2-24(14-13-17-9-5-3-6-10-17)21(25)19-15-22-20(23-16-19)18-11-7-4-8-12-18/h3-12,15-16H,2,13-14H2,1H3. The minimum absolute atomic E-state index is 0.0296. The van der Waals surface area contributed by atoms with Gasteiger partial charge in [-0.1, -0.05) is 60.7 Å². The van der Waals surface area contributed by atoms with E-state index in [4.69, 9.17) is 0 Å². The van der Waals surface area contributed by atoms with Crippen molar-refractivity contribution in [3.63, 3.8) is 0 Å². The van der Waals surface area contributed by atoms with Crippen molar-refractivity contribution in [1.82, 2.24) is 14.9 Å². The van der Waals surface area contributed by atoms with Gasteiger partial charge in [-0.3, -0.25) is 4.79 Å². The summed E-state index contributed by atoms with van der Waals surface area (Å²) >= 11 is 0. The lowest BCUT2D eigenvalue weighted by Gasteiger charge is -2.20. The van der Waals surface area contributed by atoms with Crippen molar-refractivity contribution in [1.29, 1.82) is 0 Å². The van der Waals surface area contributed by atoms with Crippen molar-refractivity contribution >= 4 is 5.91 Å². The van der Waals surface area contributed by atoms with Gasteiger partial charge >= 0.3 is 0 Å². The first kappa shape index (κ1) is 16.8. The van der Waals surface area contributed by atoms with E-state index < -0.39 is 0 Å². The molecular weight excluding hydrogens is 310 g/mol. The van der Waals surface area contributed by atoms with Gasteiger partial charge in [0.25, 0.3) is 5.91 Å². The molecule has 3 aromatic rings. The molecule has 0 aliphatic rings. The van der Waals surface area contributed by atoms with Gasteiger partial charge in [0.05, 0.1) is 5.56 Å². The number of rotatable bonds is 6. The predicted molar refractivity (Wildman–Crippen MR) is 99.2 cm³/mol. The van der Waals surface area contributed by atoms with Gasteiger partial charge in [0.2, 0.25) is 0 Å². The molecule has 2 aromatic carbocycles. The molecule has 0 atom stereocenters. The van der Waals surface area contributed by atoms with Crippen molar-refractivity contribution < 1.29 is 4.79 Å². The molecule has 0 spiro atoms. The van der Waals surface area contributed by atoms with Crippen LogP contribution in [0.5, 0.6) is 0 Å². The third-order valence-electron chi connectivity index (χ3n) is 4.11. The summed E-state index contributed by atoms with van der Waals surface area (Å²) in [5.41, 5.74) is 2.69. The van der Waals surface area contributed by atoms with Crippen molar-refractivity contribution in [3.8, 4) is 11.4 Å². The summed E-state index contributed by atoms with van der Waals surface area (Å²) in [6, 6.07) is 19.9. The first-order valence-corrected chi connectivity index (χ1v) is 8.48. The van der Waals surface area contributed by atoms with Crippen LogP contribution in [0.25, 0.3) is 11.4 Å². The maximum Gasteiger partial charge on any atom is 0.256 e. The molecule has 4 nitrogen and oxygen atoms in total. The Morgan fingerprint density at radius 2 is 1.52 bits per heavy atom. The zero-order chi connectivity index (χ0) is 17.5. The average molecular weight is 331 g/mol. The third-order valence-corrected chi connectivity index (χ3v) is 4.11. The Bertz CT molecular complexity index is 802. The van der Waals surface area contributed by atoms with Crippen LogP contribution in [-0.2, 0) is 6.42 Å². The number of benzene rings is 2. The van der Waals surface area contributed by atoms with Crippen LogP contribution in [0.4, 0.5) is 0 Å². The molecule has 3 rings (SSSR count). The highest BCUT2D eigenvalue weighted by Gasteiger charge is 2.15. The predicted octanol–water partition coefficient (Wildman–Crippen LogP) is 3.85. The largest absolute Gasteiger partial charge is 0.338 e. The summed E-state index contributed by atoms with van der Waals surface area (Å²) in [6.45, 7) is 3.33. The van der Waals surface area contributed by atoms with Crippen LogP contribution >= 0.6 is 0 Å². The normalized spacial score (nSPS) is 10.4. The molecule has 0 N–H and O–H groups in total. The van der Waals surface area contributed by atoms with Gasteiger partial charge in [0.1, 0.15) is 0 Å². The Morgan fingerprint density at radius 1 is 0.920 bits per heavy atom. The summed E-state index contributed by atoms with van der Waals surface area (Å²) in [6.07, 6.45) is 4.06. The van der Waals surface area contributed by atoms with Crippen LogP contribution < -0.4 is 0 Å². The molecule has 0 aliphatic carbocycles. The second-order valence-corrected chi connectivity index (χ2v) is 5.78. The van der Waals surface area contributed by atoms with Crippen LogP contribution in [0.1, 0.15) is 22.8 Å². The van der Waals surface area contributed by atoms with E-state index in [0.29, 0.717) is 24.5 Å². The summed E-state index contributed by atoms with van der Waals surface area (Å²) in [5, 5.41) is 0. The third kappa shape index (κ3) is 4.29. The lowest BCUT2D eigenvalue weighted by Crippen LogP contribution is -2.32. The molecule has 25 heavy (non-hydrogen) atoms. The number of carbonyl (C=O) groups excluding carboxylic acids is 1. The van der Waals surface area contributed by atoms with Crippen molar-refractivity contribution in [2.75, 3.05) is 13.1 Å². The Balaban J connectivity index is 1.68. The number of amides is 1. The molecule has 126 valence electrons. The van der Waals surface area contributed by atoms with E-state index in [1.54, 1.807) is 12.4 Å². The Kier molecular flexibility index (Phi) is 5.52. The second kappa shape index (κ2) is 8.20. The number of aromatic nitrogens is 2. The van der Waals surface area contributed by atoms with Gasteiger partial charge in [0.15, 0.2) is 5.82 Å². The fourth-order valence-corrected chi connectivity index (χ4v) is 2.67. The van der Waals surface area contributed by atoms with Crippen LogP contribution in [0.15, 0.2) is 73.1 Å². The molecule has 0 fully saturated rings. The van der Waals surface area contributed by atoms with Crippen molar-refractivity contribution in [3.05, 3.63) is 84.2 Å². The molecule has 1 aromatic heterocycles. The van der Waals surface area contributed by atoms with Crippen molar-refractivity contribution in [2.24, 2.45) is 0 Å². The minimum atomic E-state index is -0.0296. The average Bonchev–Trinajstić information content (AvgIpc) is 2.70. The highest BCUT2D eigenvalue weighted by molar-refractivity contribution is 5.93. The smallest absolute Gasteiger partial charge is 0.256 e. The van der Waals surface area contributed by atoms with E-state index >= 15 is 0 Å². The number of likely N-dealkylation sites (N-methyl/N-ethyl adjacent to an activating group) is 1. The molecule has 4 heteroatoms. The highest BCUT2D eigenvalue weighted by Crippen LogP contribution is 2.14. The molecule has 0 saturated carbocycles. The molecule has 0 unspecified atom stereocenters. The van der Waals surface area contributed by atoms with Gasteiger partial charge < -0.3 is 4.90 Å². The van der Waals surface area contributed by atoms with E-state index in [1.807, 2.05) is 60.4 Å². The van der Waals surface area contributed by atoms with Gasteiger partial charge in [0, 0.05) is 31.0 Å². The molecule has 0 saturated heterocycles. The molecule has 0 radical (unpaired) electrons. The fraction of sp³-hybridized carbons (Fsp3) is 0.190. The zero-order valence-corrected chi connectivity index (χ0v) is 14.3. The Hall–Kier alpha value is -3.01. The fourth-order valence-electron chi connectivity index (χ4n) is 2.67. The second-order valence-electron chi connectivity index (χ2n) is 5.78. The van der Waals surface area contributed by atoms with E-state index in [0.717, 1.165) is 12.0 Å².